The highest BCUT2D eigenvalue weighted by Crippen LogP contribution is 2.51. The molecule has 0 unspecified atom stereocenters. The quantitative estimate of drug-likeness (QED) is 0.270. The number of phenolic OH excluding ortho intramolecular Hbond substituents is 2. The molecule has 6 heterocycles. The number of nitrogens with zero attached hydrogens (tertiary/aromatic N) is 2. The van der Waals surface area contributed by atoms with Crippen LogP contribution in [-0.2, 0) is 25.7 Å². The average molecular weight is 595 g/mol. The Morgan fingerprint density at radius 3 is 1.39 bits per heavy atom. The molecular weight excluding hydrogens is 556 g/mol. The molecule has 0 radical (unpaired) electrons. The first-order chi connectivity index (χ1) is 21.3. The summed E-state index contributed by atoms with van der Waals surface area (Å²) >= 11 is 0. The number of hydrogen-bond acceptors (Lipinski definition) is 8. The average Bonchev–Trinajstić information content (AvgIpc) is 3.03. The lowest BCUT2D eigenvalue weighted by Gasteiger charge is -2.37. The van der Waals surface area contributed by atoms with Crippen LogP contribution in [-0.4, -0.2) is 61.4 Å². The van der Waals surface area contributed by atoms with Gasteiger partial charge in [-0.2, -0.15) is 0 Å². The Morgan fingerprint density at radius 1 is 0.636 bits per heavy atom. The predicted molar refractivity (Wildman–Crippen MR) is 168 cm³/mol. The van der Waals surface area contributed by atoms with E-state index in [-0.39, 0.29) is 23.6 Å². The van der Waals surface area contributed by atoms with E-state index >= 15 is 0 Å². The highest BCUT2D eigenvalue weighted by Gasteiger charge is 2.34. The van der Waals surface area contributed by atoms with Crippen LogP contribution in [0.5, 0.6) is 46.0 Å². The lowest BCUT2D eigenvalue weighted by Crippen LogP contribution is -2.34. The maximum absolute atomic E-state index is 11.4. The van der Waals surface area contributed by atoms with E-state index < -0.39 is 0 Å². The Kier molecular flexibility index (Phi) is 7.26. The van der Waals surface area contributed by atoms with Crippen molar-refractivity contribution in [2.45, 2.75) is 37.8 Å². The summed E-state index contributed by atoms with van der Waals surface area (Å²) in [6.45, 7) is 1.74. The van der Waals surface area contributed by atoms with Gasteiger partial charge in [-0.05, 0) is 98.4 Å². The van der Waals surface area contributed by atoms with Crippen LogP contribution in [0.25, 0.3) is 0 Å². The summed E-state index contributed by atoms with van der Waals surface area (Å²) in [6.07, 6.45) is 3.06. The lowest BCUT2D eigenvalue weighted by atomic mass is 9.87. The van der Waals surface area contributed by atoms with Gasteiger partial charge in [0.25, 0.3) is 0 Å². The van der Waals surface area contributed by atoms with Gasteiger partial charge < -0.3 is 29.2 Å². The van der Waals surface area contributed by atoms with Crippen molar-refractivity contribution in [3.8, 4) is 46.0 Å². The predicted octanol–water partition coefficient (Wildman–Crippen LogP) is 6.56. The van der Waals surface area contributed by atoms with Crippen molar-refractivity contribution in [3.05, 3.63) is 94.0 Å². The van der Waals surface area contributed by atoms with Crippen molar-refractivity contribution in [1.82, 2.24) is 9.80 Å². The van der Waals surface area contributed by atoms with E-state index in [9.17, 15) is 10.2 Å². The first-order valence-corrected chi connectivity index (χ1v) is 15.1. The number of methoxy groups -OCH3 is 2. The second-order valence-electron chi connectivity index (χ2n) is 12.1. The van der Waals surface area contributed by atoms with Gasteiger partial charge in [0.1, 0.15) is 11.5 Å². The molecule has 4 bridgehead atoms. The van der Waals surface area contributed by atoms with Crippen molar-refractivity contribution in [1.29, 1.82) is 0 Å². The number of aromatic hydroxyl groups is 2. The van der Waals surface area contributed by atoms with E-state index in [4.69, 9.17) is 18.9 Å². The molecule has 4 aromatic carbocycles. The van der Waals surface area contributed by atoms with Crippen LogP contribution in [0, 0.1) is 0 Å². The zero-order valence-corrected chi connectivity index (χ0v) is 25.6. The van der Waals surface area contributed by atoms with Crippen LogP contribution >= 0.6 is 0 Å². The molecule has 0 amide bonds. The van der Waals surface area contributed by atoms with Crippen molar-refractivity contribution >= 4 is 0 Å². The molecule has 2 N–H and O–H groups in total. The van der Waals surface area contributed by atoms with Crippen LogP contribution in [0.3, 0.4) is 0 Å². The Bertz CT molecular complexity index is 1580. The zero-order valence-electron chi connectivity index (χ0n) is 25.6. The topological polar surface area (TPSA) is 83.9 Å². The normalized spacial score (nSPS) is 19.6. The van der Waals surface area contributed by atoms with Gasteiger partial charge in [0, 0.05) is 36.3 Å². The largest absolute Gasteiger partial charge is 0.502 e. The number of ether oxygens (including phenoxy) is 4. The van der Waals surface area contributed by atoms with Gasteiger partial charge in [-0.25, -0.2) is 0 Å². The molecule has 6 aliphatic heterocycles. The SMILES string of the molecule is COc1cc2c3c(c1O)Oc1ccc(cc1)C[C@@H]1c4c(cc(OC)c(O)c4Oc4ccc(cc4)C[C@H]3N(C)CC2)CCN1C. The standard InChI is InChI=1S/C36H38N2O6/c1-37-15-13-23-19-29(41-3)33(39)35-31(23)27(37)17-21-5-9-26(10-6-21)44-36-32-24(20-30(42-4)34(36)40)14-16-38(2)28(32)18-22-7-11-25(43-35)12-8-22/h5-12,19-20,27-28,39-40H,13-18H2,1-4H3/t27-,28-/m1/s1. The summed E-state index contributed by atoms with van der Waals surface area (Å²) in [5.41, 5.74) is 6.41. The van der Waals surface area contributed by atoms with Crippen molar-refractivity contribution in [3.63, 3.8) is 0 Å². The number of phenols is 2. The van der Waals surface area contributed by atoms with Gasteiger partial charge in [-0.3, -0.25) is 9.80 Å². The molecule has 8 heteroatoms. The molecule has 0 fully saturated rings. The monoisotopic (exact) mass is 594 g/mol. The maximum atomic E-state index is 11.4. The molecule has 8 nitrogen and oxygen atoms in total. The van der Waals surface area contributed by atoms with E-state index in [1.54, 1.807) is 14.2 Å². The second-order valence-corrected chi connectivity index (χ2v) is 12.1. The van der Waals surface area contributed by atoms with Gasteiger partial charge in [0.05, 0.1) is 14.2 Å². The van der Waals surface area contributed by atoms with Gasteiger partial charge in [-0.1, -0.05) is 24.3 Å². The minimum Gasteiger partial charge on any atom is -0.502 e. The molecule has 6 aliphatic rings. The zero-order chi connectivity index (χ0) is 30.5. The molecule has 2 atom stereocenters. The third-order valence-corrected chi connectivity index (χ3v) is 9.47. The number of hydrogen-bond donors (Lipinski definition) is 2. The van der Waals surface area contributed by atoms with Crippen LogP contribution < -0.4 is 18.9 Å². The van der Waals surface area contributed by atoms with Gasteiger partial charge in [0.2, 0.25) is 11.5 Å². The molecular formula is C36H38N2O6. The van der Waals surface area contributed by atoms with E-state index in [1.807, 2.05) is 36.4 Å². The van der Waals surface area contributed by atoms with Crippen LogP contribution in [0.4, 0.5) is 0 Å². The fourth-order valence-corrected chi connectivity index (χ4v) is 6.97. The fraction of sp³-hybridized carbons (Fsp3) is 0.333. The third kappa shape index (κ3) is 4.88. The number of benzene rings is 4. The summed E-state index contributed by atoms with van der Waals surface area (Å²) in [7, 11) is 7.36. The second kappa shape index (κ2) is 11.3. The molecule has 10 rings (SSSR count). The third-order valence-electron chi connectivity index (χ3n) is 9.47. The Labute approximate surface area is 258 Å². The van der Waals surface area contributed by atoms with Crippen LogP contribution in [0.2, 0.25) is 0 Å². The molecule has 228 valence electrons. The van der Waals surface area contributed by atoms with E-state index in [2.05, 4.69) is 48.2 Å². The summed E-state index contributed by atoms with van der Waals surface area (Å²) in [4.78, 5) is 4.62. The Balaban J connectivity index is 1.40. The minimum atomic E-state index is -0.0266. The van der Waals surface area contributed by atoms with Crippen LogP contribution in [0.15, 0.2) is 60.7 Å². The summed E-state index contributed by atoms with van der Waals surface area (Å²) in [5, 5.41) is 22.7. The molecule has 0 spiro atoms. The number of rotatable bonds is 2. The highest BCUT2D eigenvalue weighted by atomic mass is 16.5. The fourth-order valence-electron chi connectivity index (χ4n) is 6.97. The number of likely N-dealkylation sites (N-methyl/N-ethyl adjacent to an activating group) is 2. The maximum Gasteiger partial charge on any atom is 0.201 e. The minimum absolute atomic E-state index is 0.0111. The molecule has 0 saturated carbocycles. The molecule has 0 aliphatic carbocycles. The summed E-state index contributed by atoms with van der Waals surface area (Å²) in [5.74, 6) is 3.02. The lowest BCUT2D eigenvalue weighted by molar-refractivity contribution is 0.221. The summed E-state index contributed by atoms with van der Waals surface area (Å²) < 4.78 is 24.2. The van der Waals surface area contributed by atoms with Gasteiger partial charge >= 0.3 is 0 Å². The van der Waals surface area contributed by atoms with E-state index in [1.165, 1.54) is 0 Å². The Morgan fingerprint density at radius 2 is 1.02 bits per heavy atom. The van der Waals surface area contributed by atoms with Crippen molar-refractivity contribution in [2.75, 3.05) is 41.4 Å². The van der Waals surface area contributed by atoms with Crippen LogP contribution in [0.1, 0.15) is 45.5 Å². The molecule has 44 heavy (non-hydrogen) atoms. The molecule has 0 aromatic heterocycles. The first-order valence-electron chi connectivity index (χ1n) is 15.1. The van der Waals surface area contributed by atoms with Crippen molar-refractivity contribution < 1.29 is 29.2 Å². The highest BCUT2D eigenvalue weighted by molar-refractivity contribution is 5.63. The summed E-state index contributed by atoms with van der Waals surface area (Å²) in [6, 6.07) is 19.9. The van der Waals surface area contributed by atoms with Crippen molar-refractivity contribution in [2.24, 2.45) is 0 Å². The first kappa shape index (κ1) is 28.4. The van der Waals surface area contributed by atoms with Gasteiger partial charge in [-0.15, -0.1) is 0 Å². The smallest absolute Gasteiger partial charge is 0.201 e. The molecule has 0 saturated heterocycles. The van der Waals surface area contributed by atoms with E-state index in [0.717, 1.165) is 59.3 Å². The van der Waals surface area contributed by atoms with Gasteiger partial charge in [0.15, 0.2) is 23.0 Å². The van der Waals surface area contributed by atoms with E-state index in [0.29, 0.717) is 47.3 Å². The Hall–Kier alpha value is -4.40. The molecule has 4 aromatic rings.